The van der Waals surface area contributed by atoms with Crippen molar-refractivity contribution in [3.05, 3.63) is 66.0 Å². The number of pyridine rings is 2. The number of para-hydroxylation sites is 1. The van der Waals surface area contributed by atoms with Crippen LogP contribution in [0.1, 0.15) is 11.1 Å². The van der Waals surface area contributed by atoms with Crippen LogP contribution in [0, 0.1) is 11.3 Å². The van der Waals surface area contributed by atoms with E-state index < -0.39 is 0 Å². The summed E-state index contributed by atoms with van der Waals surface area (Å²) in [4.78, 5) is 13.6. The van der Waals surface area contributed by atoms with E-state index in [1.54, 1.807) is 6.20 Å². The maximum absolute atomic E-state index is 9.52. The predicted molar refractivity (Wildman–Crippen MR) is 98.2 cm³/mol. The highest BCUT2D eigenvalue weighted by Gasteiger charge is 2.21. The number of aromatic nitrogens is 2. The molecule has 0 atom stereocenters. The van der Waals surface area contributed by atoms with Gasteiger partial charge in [0.1, 0.15) is 11.9 Å². The quantitative estimate of drug-likeness (QED) is 0.739. The van der Waals surface area contributed by atoms with Gasteiger partial charge in [0.25, 0.3) is 0 Å². The lowest BCUT2D eigenvalue weighted by Gasteiger charge is -2.35. The number of benzene rings is 1. The molecule has 0 N–H and O–H groups in total. The molecule has 0 bridgehead atoms. The number of hydrogen-bond acceptors (Lipinski definition) is 5. The molecule has 0 aliphatic carbocycles. The minimum Gasteiger partial charge on any atom is -0.353 e. The van der Waals surface area contributed by atoms with Crippen LogP contribution in [-0.4, -0.2) is 41.0 Å². The highest BCUT2D eigenvalue weighted by molar-refractivity contribution is 5.83. The van der Waals surface area contributed by atoms with Crippen molar-refractivity contribution < 1.29 is 0 Å². The zero-order chi connectivity index (χ0) is 17.1. The fourth-order valence-corrected chi connectivity index (χ4v) is 3.30. The summed E-state index contributed by atoms with van der Waals surface area (Å²) >= 11 is 0. The molecule has 0 saturated carbocycles. The number of piperazine rings is 1. The average Bonchev–Trinajstić information content (AvgIpc) is 2.68. The summed E-state index contributed by atoms with van der Waals surface area (Å²) in [6.07, 6.45) is 3.72. The maximum atomic E-state index is 9.52. The molecule has 1 fully saturated rings. The average molecular weight is 329 g/mol. The molecule has 2 aromatic heterocycles. The van der Waals surface area contributed by atoms with Crippen molar-refractivity contribution in [1.29, 1.82) is 5.26 Å². The van der Waals surface area contributed by atoms with Gasteiger partial charge in [-0.15, -0.1) is 0 Å². The van der Waals surface area contributed by atoms with Crippen LogP contribution in [0.15, 0.2) is 54.9 Å². The Kier molecular flexibility index (Phi) is 4.28. The molecule has 0 radical (unpaired) electrons. The minimum absolute atomic E-state index is 0.652. The van der Waals surface area contributed by atoms with E-state index in [1.165, 1.54) is 5.56 Å². The molecule has 0 unspecified atom stereocenters. The van der Waals surface area contributed by atoms with Gasteiger partial charge in [0.15, 0.2) is 0 Å². The molecule has 0 spiro atoms. The van der Waals surface area contributed by atoms with E-state index in [2.05, 4.69) is 26.9 Å². The van der Waals surface area contributed by atoms with E-state index in [9.17, 15) is 5.26 Å². The Hall–Kier alpha value is -2.97. The van der Waals surface area contributed by atoms with Crippen molar-refractivity contribution in [2.75, 3.05) is 31.1 Å². The Bertz CT molecular complexity index is 908. The van der Waals surface area contributed by atoms with Crippen LogP contribution in [0.5, 0.6) is 0 Å². The predicted octanol–water partition coefficient (Wildman–Crippen LogP) is 2.82. The molecule has 3 heterocycles. The highest BCUT2D eigenvalue weighted by Crippen LogP contribution is 2.24. The van der Waals surface area contributed by atoms with Crippen LogP contribution in [0.4, 0.5) is 5.82 Å². The molecule has 4 rings (SSSR count). The molecule has 25 heavy (non-hydrogen) atoms. The second-order valence-electron chi connectivity index (χ2n) is 6.29. The number of nitriles is 1. The number of hydrogen-bond donors (Lipinski definition) is 0. The third-order valence-electron chi connectivity index (χ3n) is 4.63. The van der Waals surface area contributed by atoms with Gasteiger partial charge in [-0.25, -0.2) is 4.98 Å². The van der Waals surface area contributed by atoms with Gasteiger partial charge in [-0.3, -0.25) is 9.88 Å². The topological polar surface area (TPSA) is 56.1 Å². The Labute approximate surface area is 147 Å². The van der Waals surface area contributed by atoms with E-state index in [0.717, 1.165) is 49.4 Å². The third-order valence-corrected chi connectivity index (χ3v) is 4.63. The Balaban J connectivity index is 1.50. The molecule has 0 amide bonds. The molecule has 3 aromatic rings. The van der Waals surface area contributed by atoms with Crippen LogP contribution in [0.25, 0.3) is 10.9 Å². The molecule has 1 saturated heterocycles. The third kappa shape index (κ3) is 3.30. The van der Waals surface area contributed by atoms with Gasteiger partial charge in [0.2, 0.25) is 0 Å². The second kappa shape index (κ2) is 6.88. The van der Waals surface area contributed by atoms with Crippen LogP contribution < -0.4 is 4.90 Å². The maximum Gasteiger partial charge on any atom is 0.147 e. The summed E-state index contributed by atoms with van der Waals surface area (Å²) in [6.45, 7) is 4.57. The molecular weight excluding hydrogens is 310 g/mol. The van der Waals surface area contributed by atoms with Gasteiger partial charge in [-0.05, 0) is 23.8 Å². The summed E-state index contributed by atoms with van der Waals surface area (Å²) in [7, 11) is 0. The minimum atomic E-state index is 0.652. The number of nitrogens with zero attached hydrogens (tertiary/aromatic N) is 5. The van der Waals surface area contributed by atoms with Gasteiger partial charge in [-0.2, -0.15) is 5.26 Å². The highest BCUT2D eigenvalue weighted by atomic mass is 15.3. The molecule has 5 nitrogen and oxygen atoms in total. The fourth-order valence-electron chi connectivity index (χ4n) is 3.30. The van der Waals surface area contributed by atoms with Gasteiger partial charge in [-0.1, -0.05) is 24.3 Å². The molecule has 1 aliphatic rings. The standard InChI is InChI=1S/C20H19N5/c21-13-18-12-17-5-1-2-6-19(17)23-20(18)25-10-8-24(9-11-25)15-16-4-3-7-22-14-16/h1-7,12,14H,8-11,15H2. The summed E-state index contributed by atoms with van der Waals surface area (Å²) in [5.41, 5.74) is 2.83. The first-order valence-electron chi connectivity index (χ1n) is 8.49. The van der Waals surface area contributed by atoms with Crippen molar-refractivity contribution in [1.82, 2.24) is 14.9 Å². The largest absolute Gasteiger partial charge is 0.353 e. The number of fused-ring (bicyclic) bond motifs is 1. The number of rotatable bonds is 3. The van der Waals surface area contributed by atoms with Crippen molar-refractivity contribution in [3.63, 3.8) is 0 Å². The summed E-state index contributed by atoms with van der Waals surface area (Å²) < 4.78 is 0. The second-order valence-corrected chi connectivity index (χ2v) is 6.29. The van der Waals surface area contributed by atoms with Gasteiger partial charge >= 0.3 is 0 Å². The van der Waals surface area contributed by atoms with Crippen LogP contribution in [0.2, 0.25) is 0 Å². The van der Waals surface area contributed by atoms with Crippen molar-refractivity contribution in [3.8, 4) is 6.07 Å². The SMILES string of the molecule is N#Cc1cc2ccccc2nc1N1CCN(Cc2cccnc2)CC1. The van der Waals surface area contributed by atoms with Gasteiger partial charge in [0.05, 0.1) is 11.1 Å². The fraction of sp³-hybridized carbons (Fsp3) is 0.250. The molecule has 124 valence electrons. The summed E-state index contributed by atoms with van der Waals surface area (Å²) in [5, 5.41) is 10.5. The smallest absolute Gasteiger partial charge is 0.147 e. The first-order valence-corrected chi connectivity index (χ1v) is 8.49. The molecule has 1 aliphatic heterocycles. The van der Waals surface area contributed by atoms with Gasteiger partial charge in [0, 0.05) is 50.5 Å². The molecular formula is C20H19N5. The van der Waals surface area contributed by atoms with Crippen LogP contribution in [0.3, 0.4) is 0 Å². The number of anilines is 1. The lowest BCUT2D eigenvalue weighted by molar-refractivity contribution is 0.249. The Morgan fingerprint density at radius 3 is 2.64 bits per heavy atom. The molecule has 1 aromatic carbocycles. The summed E-state index contributed by atoms with van der Waals surface area (Å²) in [5.74, 6) is 0.808. The van der Waals surface area contributed by atoms with Crippen LogP contribution >= 0.6 is 0 Å². The lowest BCUT2D eigenvalue weighted by atomic mass is 10.1. The van der Waals surface area contributed by atoms with E-state index >= 15 is 0 Å². The monoisotopic (exact) mass is 329 g/mol. The van der Waals surface area contributed by atoms with Crippen molar-refractivity contribution in [2.24, 2.45) is 0 Å². The van der Waals surface area contributed by atoms with Crippen molar-refractivity contribution in [2.45, 2.75) is 6.54 Å². The van der Waals surface area contributed by atoms with E-state index in [4.69, 9.17) is 4.98 Å². The van der Waals surface area contributed by atoms with E-state index in [1.807, 2.05) is 42.6 Å². The zero-order valence-corrected chi connectivity index (χ0v) is 14.0. The van der Waals surface area contributed by atoms with E-state index in [-0.39, 0.29) is 0 Å². The first-order chi connectivity index (χ1) is 12.3. The zero-order valence-electron chi connectivity index (χ0n) is 14.0. The Morgan fingerprint density at radius 1 is 1.04 bits per heavy atom. The van der Waals surface area contributed by atoms with E-state index in [0.29, 0.717) is 5.56 Å². The van der Waals surface area contributed by atoms with Crippen molar-refractivity contribution >= 4 is 16.7 Å². The first kappa shape index (κ1) is 15.6. The summed E-state index contributed by atoms with van der Waals surface area (Å²) in [6, 6.07) is 16.3. The normalized spacial score (nSPS) is 15.2. The Morgan fingerprint density at radius 2 is 1.88 bits per heavy atom. The molecule has 5 heteroatoms. The van der Waals surface area contributed by atoms with Crippen LogP contribution in [-0.2, 0) is 6.54 Å². The van der Waals surface area contributed by atoms with Gasteiger partial charge < -0.3 is 4.90 Å². The lowest BCUT2D eigenvalue weighted by Crippen LogP contribution is -2.46.